The molecule has 18 heavy (non-hydrogen) atoms. The average molecular weight is 251 g/mol. The number of carbonyl (C=O) groups excluding carboxylic acids is 3. The summed E-state index contributed by atoms with van der Waals surface area (Å²) in [7, 11) is 0. The summed E-state index contributed by atoms with van der Waals surface area (Å²) in [5, 5.41) is 0. The van der Waals surface area contributed by atoms with Crippen LogP contribution in [0.3, 0.4) is 0 Å². The molecule has 1 aliphatic rings. The fourth-order valence-electron chi connectivity index (χ4n) is 1.82. The first-order valence-corrected chi connectivity index (χ1v) is 5.51. The smallest absolute Gasteiger partial charge is 0.311 e. The van der Waals surface area contributed by atoms with Crippen molar-refractivity contribution in [2.75, 3.05) is 26.2 Å². The number of hydrogen-bond donors (Lipinski definition) is 1. The van der Waals surface area contributed by atoms with Crippen molar-refractivity contribution in [2.45, 2.75) is 0 Å². The van der Waals surface area contributed by atoms with Crippen LogP contribution in [-0.2, 0) is 9.59 Å². The molecule has 1 aromatic heterocycles. The summed E-state index contributed by atoms with van der Waals surface area (Å²) < 4.78 is 5.02. The SMILES string of the molecule is NC(=O)C(=O)N1CCN(C(=O)c2ccco2)CC1. The molecule has 2 heterocycles. The molecule has 1 fully saturated rings. The molecule has 7 heteroatoms. The van der Waals surface area contributed by atoms with Gasteiger partial charge >= 0.3 is 11.8 Å². The highest BCUT2D eigenvalue weighted by molar-refractivity contribution is 6.34. The van der Waals surface area contributed by atoms with Crippen LogP contribution in [0.5, 0.6) is 0 Å². The van der Waals surface area contributed by atoms with E-state index in [0.717, 1.165) is 0 Å². The lowest BCUT2D eigenvalue weighted by Gasteiger charge is -2.33. The summed E-state index contributed by atoms with van der Waals surface area (Å²) in [4.78, 5) is 36.9. The molecule has 0 spiro atoms. The molecule has 3 amide bonds. The van der Waals surface area contributed by atoms with Crippen LogP contribution in [0.1, 0.15) is 10.6 Å². The first-order valence-electron chi connectivity index (χ1n) is 5.51. The molecule has 96 valence electrons. The Morgan fingerprint density at radius 3 is 2.22 bits per heavy atom. The fourth-order valence-corrected chi connectivity index (χ4v) is 1.82. The fraction of sp³-hybridized carbons (Fsp3) is 0.364. The van der Waals surface area contributed by atoms with Crippen LogP contribution in [0, 0.1) is 0 Å². The van der Waals surface area contributed by atoms with Crippen LogP contribution < -0.4 is 5.73 Å². The van der Waals surface area contributed by atoms with Crippen molar-refractivity contribution in [3.8, 4) is 0 Å². The van der Waals surface area contributed by atoms with E-state index in [0.29, 0.717) is 26.2 Å². The molecule has 0 aliphatic carbocycles. The van der Waals surface area contributed by atoms with Crippen LogP contribution >= 0.6 is 0 Å². The zero-order valence-corrected chi connectivity index (χ0v) is 9.67. The first-order chi connectivity index (χ1) is 8.59. The number of piperazine rings is 1. The molecule has 0 bridgehead atoms. The summed E-state index contributed by atoms with van der Waals surface area (Å²) in [6.45, 7) is 1.32. The predicted molar refractivity (Wildman–Crippen MR) is 60.4 cm³/mol. The summed E-state index contributed by atoms with van der Waals surface area (Å²) in [6.07, 6.45) is 1.43. The summed E-state index contributed by atoms with van der Waals surface area (Å²) in [5.41, 5.74) is 4.91. The number of rotatable bonds is 1. The molecule has 7 nitrogen and oxygen atoms in total. The lowest BCUT2D eigenvalue weighted by Crippen LogP contribution is -2.53. The van der Waals surface area contributed by atoms with Gasteiger partial charge in [0.15, 0.2) is 5.76 Å². The zero-order chi connectivity index (χ0) is 13.1. The van der Waals surface area contributed by atoms with Crippen molar-refractivity contribution in [1.82, 2.24) is 9.80 Å². The molecule has 0 aromatic carbocycles. The highest BCUT2D eigenvalue weighted by Gasteiger charge is 2.27. The molecule has 1 aliphatic heterocycles. The second kappa shape index (κ2) is 4.91. The molecule has 0 saturated carbocycles. The van der Waals surface area contributed by atoms with Crippen LogP contribution in [0.25, 0.3) is 0 Å². The summed E-state index contributed by atoms with van der Waals surface area (Å²) in [6, 6.07) is 3.23. The topological polar surface area (TPSA) is 96.9 Å². The Bertz CT molecular complexity index is 461. The van der Waals surface area contributed by atoms with Gasteiger partial charge in [-0.25, -0.2) is 0 Å². The van der Waals surface area contributed by atoms with E-state index in [9.17, 15) is 14.4 Å². The van der Waals surface area contributed by atoms with Crippen molar-refractivity contribution in [1.29, 1.82) is 0 Å². The Kier molecular flexibility index (Phi) is 3.31. The molecular formula is C11H13N3O4. The standard InChI is InChI=1S/C11H13N3O4/c12-9(15)11(17)14-5-3-13(4-6-14)10(16)8-2-1-7-18-8/h1-2,7H,3-6H2,(H2,12,15). The maximum Gasteiger partial charge on any atom is 0.311 e. The van der Waals surface area contributed by atoms with E-state index in [-0.39, 0.29) is 11.7 Å². The number of furan rings is 1. The van der Waals surface area contributed by atoms with Crippen molar-refractivity contribution >= 4 is 17.7 Å². The van der Waals surface area contributed by atoms with Gasteiger partial charge < -0.3 is 20.0 Å². The van der Waals surface area contributed by atoms with Gasteiger partial charge in [-0.1, -0.05) is 0 Å². The van der Waals surface area contributed by atoms with Gasteiger partial charge in [0.1, 0.15) is 0 Å². The van der Waals surface area contributed by atoms with Crippen LogP contribution in [0.4, 0.5) is 0 Å². The summed E-state index contributed by atoms with van der Waals surface area (Å²) >= 11 is 0. The molecule has 2 N–H and O–H groups in total. The Labute approximate surface area is 103 Å². The highest BCUT2D eigenvalue weighted by Crippen LogP contribution is 2.09. The minimum absolute atomic E-state index is 0.217. The summed E-state index contributed by atoms with van der Waals surface area (Å²) in [5.74, 6) is -1.63. The van der Waals surface area contributed by atoms with Crippen molar-refractivity contribution in [3.63, 3.8) is 0 Å². The third-order valence-corrected chi connectivity index (χ3v) is 2.80. The molecular weight excluding hydrogens is 238 g/mol. The van der Waals surface area contributed by atoms with Crippen molar-refractivity contribution in [2.24, 2.45) is 5.73 Å². The molecule has 2 rings (SSSR count). The van der Waals surface area contributed by atoms with Gasteiger partial charge in [-0.3, -0.25) is 14.4 Å². The number of primary amides is 1. The van der Waals surface area contributed by atoms with Gasteiger partial charge in [0.05, 0.1) is 6.26 Å². The van der Waals surface area contributed by atoms with Crippen LogP contribution in [0.15, 0.2) is 22.8 Å². The van der Waals surface area contributed by atoms with Crippen LogP contribution in [-0.4, -0.2) is 53.7 Å². The number of nitrogens with zero attached hydrogens (tertiary/aromatic N) is 2. The van der Waals surface area contributed by atoms with Gasteiger partial charge in [-0.05, 0) is 12.1 Å². The molecule has 0 unspecified atom stereocenters. The van der Waals surface area contributed by atoms with Gasteiger partial charge in [-0.15, -0.1) is 0 Å². The lowest BCUT2D eigenvalue weighted by atomic mass is 10.2. The Balaban J connectivity index is 1.93. The largest absolute Gasteiger partial charge is 0.459 e. The van der Waals surface area contributed by atoms with E-state index in [1.165, 1.54) is 11.2 Å². The second-order valence-electron chi connectivity index (χ2n) is 3.93. The lowest BCUT2D eigenvalue weighted by molar-refractivity contribution is -0.145. The molecule has 1 saturated heterocycles. The maximum atomic E-state index is 11.9. The average Bonchev–Trinajstić information content (AvgIpc) is 2.91. The zero-order valence-electron chi connectivity index (χ0n) is 9.67. The van der Waals surface area contributed by atoms with Gasteiger partial charge in [0.25, 0.3) is 5.91 Å². The normalized spacial score (nSPS) is 15.6. The molecule has 0 atom stereocenters. The number of nitrogens with two attached hydrogens (primary N) is 1. The van der Waals surface area contributed by atoms with E-state index in [2.05, 4.69) is 0 Å². The van der Waals surface area contributed by atoms with E-state index in [4.69, 9.17) is 10.2 Å². The Morgan fingerprint density at radius 1 is 1.11 bits per heavy atom. The van der Waals surface area contributed by atoms with Crippen LogP contribution in [0.2, 0.25) is 0 Å². The van der Waals surface area contributed by atoms with Gasteiger partial charge in [0, 0.05) is 26.2 Å². The van der Waals surface area contributed by atoms with E-state index in [1.807, 2.05) is 0 Å². The van der Waals surface area contributed by atoms with Gasteiger partial charge in [-0.2, -0.15) is 0 Å². The van der Waals surface area contributed by atoms with E-state index >= 15 is 0 Å². The number of carbonyl (C=O) groups is 3. The van der Waals surface area contributed by atoms with Gasteiger partial charge in [0.2, 0.25) is 0 Å². The second-order valence-corrected chi connectivity index (χ2v) is 3.93. The quantitative estimate of drug-likeness (QED) is 0.651. The monoisotopic (exact) mass is 251 g/mol. The minimum atomic E-state index is -0.971. The number of amides is 3. The third-order valence-electron chi connectivity index (χ3n) is 2.80. The minimum Gasteiger partial charge on any atom is -0.459 e. The maximum absolute atomic E-state index is 11.9. The highest BCUT2D eigenvalue weighted by atomic mass is 16.3. The number of hydrogen-bond acceptors (Lipinski definition) is 4. The Morgan fingerprint density at radius 2 is 1.72 bits per heavy atom. The first kappa shape index (κ1) is 12.2. The third kappa shape index (κ3) is 2.34. The van der Waals surface area contributed by atoms with E-state index in [1.54, 1.807) is 17.0 Å². The Hall–Kier alpha value is -2.31. The molecule has 1 aromatic rings. The van der Waals surface area contributed by atoms with Crippen molar-refractivity contribution in [3.05, 3.63) is 24.2 Å². The van der Waals surface area contributed by atoms with E-state index < -0.39 is 11.8 Å². The van der Waals surface area contributed by atoms with Crippen molar-refractivity contribution < 1.29 is 18.8 Å². The predicted octanol–water partition coefficient (Wildman–Crippen LogP) is -0.951. The molecule has 0 radical (unpaired) electrons.